The molecular formula is C18H19FN4S. The minimum Gasteiger partial charge on any atom is -0.368 e. The summed E-state index contributed by atoms with van der Waals surface area (Å²) in [6.07, 6.45) is 4.21. The number of rotatable bonds is 5. The van der Waals surface area contributed by atoms with Gasteiger partial charge in [0.25, 0.3) is 0 Å². The van der Waals surface area contributed by atoms with E-state index in [9.17, 15) is 4.39 Å². The summed E-state index contributed by atoms with van der Waals surface area (Å²) in [5.41, 5.74) is 2.04. The summed E-state index contributed by atoms with van der Waals surface area (Å²) in [6, 6.07) is 6.59. The molecule has 1 aliphatic heterocycles. The van der Waals surface area contributed by atoms with Gasteiger partial charge in [0.1, 0.15) is 22.8 Å². The zero-order valence-electron chi connectivity index (χ0n) is 13.3. The predicted octanol–water partition coefficient (Wildman–Crippen LogP) is 4.01. The lowest BCUT2D eigenvalue weighted by atomic mass is 10.1. The van der Waals surface area contributed by atoms with E-state index in [1.807, 2.05) is 0 Å². The minimum atomic E-state index is -0.224. The number of benzene rings is 1. The number of anilines is 1. The van der Waals surface area contributed by atoms with E-state index in [2.05, 4.69) is 25.6 Å². The first-order valence-corrected chi connectivity index (χ1v) is 9.13. The van der Waals surface area contributed by atoms with E-state index in [-0.39, 0.29) is 5.82 Å². The second-order valence-electron chi connectivity index (χ2n) is 6.03. The molecule has 1 aromatic carbocycles. The first kappa shape index (κ1) is 15.5. The van der Waals surface area contributed by atoms with Crippen LogP contribution in [0.1, 0.15) is 12.8 Å². The van der Waals surface area contributed by atoms with Gasteiger partial charge in [-0.3, -0.25) is 0 Å². The van der Waals surface area contributed by atoms with Crippen molar-refractivity contribution in [3.05, 3.63) is 41.8 Å². The van der Waals surface area contributed by atoms with Gasteiger partial charge < -0.3 is 10.2 Å². The van der Waals surface area contributed by atoms with E-state index in [1.165, 1.54) is 38.1 Å². The molecule has 0 aliphatic carbocycles. The highest BCUT2D eigenvalue weighted by Crippen LogP contribution is 2.36. The average molecular weight is 342 g/mol. The van der Waals surface area contributed by atoms with Crippen LogP contribution in [0.5, 0.6) is 0 Å². The molecule has 0 radical (unpaired) electrons. The number of likely N-dealkylation sites (tertiary alicyclic amines) is 1. The van der Waals surface area contributed by atoms with Crippen LogP contribution in [-0.2, 0) is 0 Å². The third-order valence-corrected chi connectivity index (χ3v) is 5.33. The van der Waals surface area contributed by atoms with Crippen molar-refractivity contribution in [1.29, 1.82) is 0 Å². The maximum Gasteiger partial charge on any atom is 0.138 e. The quantitative estimate of drug-likeness (QED) is 0.761. The third kappa shape index (κ3) is 3.12. The van der Waals surface area contributed by atoms with Crippen LogP contribution < -0.4 is 5.32 Å². The highest BCUT2D eigenvalue weighted by atomic mass is 32.1. The van der Waals surface area contributed by atoms with Crippen molar-refractivity contribution in [2.75, 3.05) is 31.5 Å². The number of hydrogen-bond acceptors (Lipinski definition) is 5. The van der Waals surface area contributed by atoms with E-state index in [4.69, 9.17) is 0 Å². The van der Waals surface area contributed by atoms with Crippen LogP contribution in [0, 0.1) is 5.82 Å². The molecule has 4 rings (SSSR count). The summed E-state index contributed by atoms with van der Waals surface area (Å²) in [6.45, 7) is 4.28. The Balaban J connectivity index is 1.60. The van der Waals surface area contributed by atoms with Gasteiger partial charge in [-0.2, -0.15) is 0 Å². The molecule has 3 heterocycles. The topological polar surface area (TPSA) is 41.1 Å². The van der Waals surface area contributed by atoms with Crippen molar-refractivity contribution in [1.82, 2.24) is 14.9 Å². The predicted molar refractivity (Wildman–Crippen MR) is 97.0 cm³/mol. The Morgan fingerprint density at radius 3 is 2.71 bits per heavy atom. The largest absolute Gasteiger partial charge is 0.368 e. The van der Waals surface area contributed by atoms with E-state index in [0.717, 1.165) is 40.3 Å². The second kappa shape index (κ2) is 6.83. The molecule has 4 nitrogen and oxygen atoms in total. The lowest BCUT2D eigenvalue weighted by Crippen LogP contribution is -2.26. The number of hydrogen-bond donors (Lipinski definition) is 1. The van der Waals surface area contributed by atoms with Gasteiger partial charge in [0, 0.05) is 24.0 Å². The van der Waals surface area contributed by atoms with E-state index < -0.39 is 0 Å². The zero-order valence-corrected chi connectivity index (χ0v) is 14.2. The molecule has 3 aromatic rings. The van der Waals surface area contributed by atoms with Crippen LogP contribution in [0.4, 0.5) is 10.2 Å². The van der Waals surface area contributed by atoms with Gasteiger partial charge in [0.05, 0.1) is 5.39 Å². The molecule has 6 heteroatoms. The highest BCUT2D eigenvalue weighted by molar-refractivity contribution is 7.17. The number of nitrogens with one attached hydrogen (secondary N) is 1. The Morgan fingerprint density at radius 2 is 1.92 bits per heavy atom. The molecule has 24 heavy (non-hydrogen) atoms. The van der Waals surface area contributed by atoms with Crippen LogP contribution in [0.15, 0.2) is 36.0 Å². The Labute approximate surface area is 144 Å². The maximum absolute atomic E-state index is 13.2. The Bertz CT molecular complexity index is 825. The molecule has 0 amide bonds. The number of halogens is 1. The molecule has 0 bridgehead atoms. The van der Waals surface area contributed by atoms with Gasteiger partial charge in [-0.15, -0.1) is 11.3 Å². The first-order chi connectivity index (χ1) is 11.8. The van der Waals surface area contributed by atoms with Gasteiger partial charge in [-0.1, -0.05) is 12.1 Å². The molecule has 1 aliphatic rings. The molecule has 0 atom stereocenters. The van der Waals surface area contributed by atoms with E-state index in [1.54, 1.807) is 29.8 Å². The van der Waals surface area contributed by atoms with Crippen molar-refractivity contribution >= 4 is 27.4 Å². The molecule has 2 aromatic heterocycles. The van der Waals surface area contributed by atoms with Crippen LogP contribution in [0.25, 0.3) is 21.3 Å². The van der Waals surface area contributed by atoms with Crippen molar-refractivity contribution in [3.63, 3.8) is 0 Å². The number of nitrogens with zero attached hydrogens (tertiary/aromatic N) is 3. The van der Waals surface area contributed by atoms with Crippen LogP contribution in [0.3, 0.4) is 0 Å². The molecular weight excluding hydrogens is 323 g/mol. The van der Waals surface area contributed by atoms with Crippen LogP contribution in [0.2, 0.25) is 0 Å². The van der Waals surface area contributed by atoms with Crippen molar-refractivity contribution in [2.45, 2.75) is 12.8 Å². The van der Waals surface area contributed by atoms with Gasteiger partial charge in [0.2, 0.25) is 0 Å². The summed E-state index contributed by atoms with van der Waals surface area (Å²) in [5.74, 6) is 0.637. The minimum absolute atomic E-state index is 0.224. The zero-order chi connectivity index (χ0) is 16.4. The normalized spacial score (nSPS) is 15.2. The second-order valence-corrected chi connectivity index (χ2v) is 6.89. The lowest BCUT2D eigenvalue weighted by molar-refractivity contribution is 0.352. The summed E-state index contributed by atoms with van der Waals surface area (Å²) in [5, 5.41) is 6.55. The molecule has 1 fully saturated rings. The molecule has 0 saturated carbocycles. The molecule has 0 spiro atoms. The fourth-order valence-electron chi connectivity index (χ4n) is 3.19. The Morgan fingerprint density at radius 1 is 1.12 bits per heavy atom. The van der Waals surface area contributed by atoms with Gasteiger partial charge in [-0.05, 0) is 43.6 Å². The fraction of sp³-hybridized carbons (Fsp3) is 0.333. The third-order valence-electron chi connectivity index (χ3n) is 4.44. The lowest BCUT2D eigenvalue weighted by Gasteiger charge is -2.15. The average Bonchev–Trinajstić information content (AvgIpc) is 3.25. The van der Waals surface area contributed by atoms with Gasteiger partial charge >= 0.3 is 0 Å². The van der Waals surface area contributed by atoms with E-state index in [0.29, 0.717) is 0 Å². The highest BCUT2D eigenvalue weighted by Gasteiger charge is 2.14. The number of thiophene rings is 1. The Kier molecular flexibility index (Phi) is 4.40. The van der Waals surface area contributed by atoms with Gasteiger partial charge in [0.15, 0.2) is 0 Å². The number of fused-ring (bicyclic) bond motifs is 1. The number of aromatic nitrogens is 2. The van der Waals surface area contributed by atoms with Crippen molar-refractivity contribution in [3.8, 4) is 11.1 Å². The van der Waals surface area contributed by atoms with Gasteiger partial charge in [-0.25, -0.2) is 14.4 Å². The first-order valence-electron chi connectivity index (χ1n) is 8.25. The fourth-order valence-corrected chi connectivity index (χ4v) is 4.11. The summed E-state index contributed by atoms with van der Waals surface area (Å²) in [7, 11) is 0. The smallest absolute Gasteiger partial charge is 0.138 e. The molecule has 124 valence electrons. The summed E-state index contributed by atoms with van der Waals surface area (Å²) < 4.78 is 13.2. The van der Waals surface area contributed by atoms with Crippen molar-refractivity contribution < 1.29 is 4.39 Å². The van der Waals surface area contributed by atoms with E-state index >= 15 is 0 Å². The van der Waals surface area contributed by atoms with Crippen LogP contribution in [-0.4, -0.2) is 41.0 Å². The molecule has 0 unspecified atom stereocenters. The summed E-state index contributed by atoms with van der Waals surface area (Å²) in [4.78, 5) is 12.2. The standard InChI is InChI=1S/C18H19FN4S/c19-14-5-3-13(4-6-14)15-11-24-18-16(15)17(21-12-22-18)20-7-10-23-8-1-2-9-23/h3-6,11-12H,1-2,7-10H2,(H,20,21,22). The molecule has 1 N–H and O–H groups in total. The Hall–Kier alpha value is -2.05. The maximum atomic E-state index is 13.2. The van der Waals surface area contributed by atoms with Crippen LogP contribution >= 0.6 is 11.3 Å². The monoisotopic (exact) mass is 342 g/mol. The molecule has 1 saturated heterocycles. The SMILES string of the molecule is Fc1ccc(-c2csc3ncnc(NCCN4CCCC4)c23)cc1. The summed E-state index contributed by atoms with van der Waals surface area (Å²) >= 11 is 1.59. The van der Waals surface area contributed by atoms with Crippen molar-refractivity contribution in [2.24, 2.45) is 0 Å².